The Morgan fingerprint density at radius 1 is 1.04 bits per heavy atom. The molecule has 128 valence electrons. The van der Waals surface area contributed by atoms with Crippen LogP contribution < -0.4 is 14.8 Å². The van der Waals surface area contributed by atoms with Crippen molar-refractivity contribution in [3.8, 4) is 11.5 Å². The molecule has 0 aliphatic rings. The molecule has 4 nitrogen and oxygen atoms in total. The molecule has 0 heterocycles. The Balaban J connectivity index is 2.00. The Labute approximate surface area is 143 Å². The van der Waals surface area contributed by atoms with E-state index in [0.717, 1.165) is 5.56 Å². The van der Waals surface area contributed by atoms with Crippen LogP contribution in [0.1, 0.15) is 36.6 Å². The van der Waals surface area contributed by atoms with Gasteiger partial charge in [0, 0.05) is 6.07 Å². The first-order valence-corrected chi connectivity index (χ1v) is 8.09. The summed E-state index contributed by atoms with van der Waals surface area (Å²) in [4.78, 5) is 12.4. The maximum absolute atomic E-state index is 12.4. The highest BCUT2D eigenvalue weighted by Gasteiger charge is 2.18. The van der Waals surface area contributed by atoms with Crippen molar-refractivity contribution in [2.45, 2.75) is 39.8 Å². The molecule has 0 aliphatic carbocycles. The van der Waals surface area contributed by atoms with Gasteiger partial charge in [-0.25, -0.2) is 0 Å². The molecule has 0 aromatic heterocycles. The number of aryl methyl sites for hydroxylation is 2. The van der Waals surface area contributed by atoms with Crippen LogP contribution in [-0.2, 0) is 4.79 Å². The zero-order valence-corrected chi connectivity index (χ0v) is 14.9. The summed E-state index contributed by atoms with van der Waals surface area (Å²) in [6.07, 6.45) is -0.592. The molecule has 0 fully saturated rings. The summed E-state index contributed by atoms with van der Waals surface area (Å²) in [5.41, 5.74) is 3.50. The van der Waals surface area contributed by atoms with Gasteiger partial charge in [-0.05, 0) is 51.0 Å². The summed E-state index contributed by atoms with van der Waals surface area (Å²) in [7, 11) is 1.60. The Kier molecular flexibility index (Phi) is 5.85. The molecule has 0 saturated carbocycles. The number of methoxy groups -OCH3 is 1. The fourth-order valence-corrected chi connectivity index (χ4v) is 2.65. The molecule has 0 spiro atoms. The number of nitrogens with one attached hydrogen (secondary N) is 1. The van der Waals surface area contributed by atoms with E-state index in [2.05, 4.69) is 37.4 Å². The van der Waals surface area contributed by atoms with E-state index in [-0.39, 0.29) is 11.9 Å². The SMILES string of the molecule is COc1cccc(O[C@@H](C)C(=O)N[C@H](C)c2ccc(C)cc2C)c1. The minimum absolute atomic E-state index is 0.0746. The van der Waals surface area contributed by atoms with Gasteiger partial charge in [-0.1, -0.05) is 29.8 Å². The van der Waals surface area contributed by atoms with E-state index in [1.807, 2.05) is 19.1 Å². The van der Waals surface area contributed by atoms with Crippen LogP contribution >= 0.6 is 0 Å². The first-order chi connectivity index (χ1) is 11.4. The van der Waals surface area contributed by atoms with Crippen molar-refractivity contribution in [3.63, 3.8) is 0 Å². The van der Waals surface area contributed by atoms with Crippen LogP contribution in [0.5, 0.6) is 11.5 Å². The van der Waals surface area contributed by atoms with Crippen LogP contribution in [0.15, 0.2) is 42.5 Å². The Bertz CT molecular complexity index is 712. The van der Waals surface area contributed by atoms with Gasteiger partial charge >= 0.3 is 0 Å². The molecule has 1 amide bonds. The fourth-order valence-electron chi connectivity index (χ4n) is 2.65. The molecule has 2 rings (SSSR count). The molecule has 0 bridgehead atoms. The summed E-state index contributed by atoms with van der Waals surface area (Å²) in [6.45, 7) is 7.84. The maximum Gasteiger partial charge on any atom is 0.261 e. The molecule has 1 N–H and O–H groups in total. The van der Waals surface area contributed by atoms with Gasteiger partial charge in [-0.15, -0.1) is 0 Å². The number of rotatable bonds is 6. The van der Waals surface area contributed by atoms with Gasteiger partial charge < -0.3 is 14.8 Å². The van der Waals surface area contributed by atoms with Gasteiger partial charge in [0.25, 0.3) is 5.91 Å². The lowest BCUT2D eigenvalue weighted by Gasteiger charge is -2.20. The number of carbonyl (C=O) groups excluding carboxylic acids is 1. The van der Waals surface area contributed by atoms with Crippen LogP contribution in [-0.4, -0.2) is 19.1 Å². The summed E-state index contributed by atoms with van der Waals surface area (Å²) in [6, 6.07) is 13.4. The first kappa shape index (κ1) is 17.9. The summed E-state index contributed by atoms with van der Waals surface area (Å²) >= 11 is 0. The van der Waals surface area contributed by atoms with Crippen LogP contribution in [0, 0.1) is 13.8 Å². The Morgan fingerprint density at radius 2 is 1.75 bits per heavy atom. The molecular weight excluding hydrogens is 302 g/mol. The van der Waals surface area contributed by atoms with Crippen molar-refractivity contribution in [1.82, 2.24) is 5.32 Å². The van der Waals surface area contributed by atoms with Crippen molar-refractivity contribution >= 4 is 5.91 Å². The van der Waals surface area contributed by atoms with Crippen molar-refractivity contribution in [1.29, 1.82) is 0 Å². The summed E-state index contributed by atoms with van der Waals surface area (Å²) in [5.74, 6) is 1.16. The van der Waals surface area contributed by atoms with Gasteiger partial charge in [0.2, 0.25) is 0 Å². The van der Waals surface area contributed by atoms with E-state index < -0.39 is 6.10 Å². The molecule has 0 saturated heterocycles. The number of amides is 1. The average molecular weight is 327 g/mol. The van der Waals surface area contributed by atoms with E-state index in [1.54, 1.807) is 26.2 Å². The molecule has 0 unspecified atom stereocenters. The number of ether oxygens (including phenoxy) is 2. The quantitative estimate of drug-likeness (QED) is 0.874. The lowest BCUT2D eigenvalue weighted by Crippen LogP contribution is -2.38. The second kappa shape index (κ2) is 7.86. The van der Waals surface area contributed by atoms with Crippen LogP contribution in [0.25, 0.3) is 0 Å². The number of hydrogen-bond acceptors (Lipinski definition) is 3. The van der Waals surface area contributed by atoms with Gasteiger partial charge in [0.05, 0.1) is 13.2 Å². The lowest BCUT2D eigenvalue weighted by molar-refractivity contribution is -0.127. The minimum atomic E-state index is -0.592. The number of hydrogen-bond donors (Lipinski definition) is 1. The third-order valence-electron chi connectivity index (χ3n) is 3.97. The molecular formula is C20H25NO3. The largest absolute Gasteiger partial charge is 0.497 e. The Hall–Kier alpha value is -2.49. The molecule has 2 atom stereocenters. The average Bonchev–Trinajstić information content (AvgIpc) is 2.54. The maximum atomic E-state index is 12.4. The highest BCUT2D eigenvalue weighted by molar-refractivity contribution is 5.81. The zero-order chi connectivity index (χ0) is 17.7. The third-order valence-corrected chi connectivity index (χ3v) is 3.97. The van der Waals surface area contributed by atoms with Crippen LogP contribution in [0.4, 0.5) is 0 Å². The van der Waals surface area contributed by atoms with Crippen molar-refractivity contribution in [2.75, 3.05) is 7.11 Å². The lowest BCUT2D eigenvalue weighted by atomic mass is 10.0. The molecule has 2 aromatic carbocycles. The van der Waals surface area contributed by atoms with E-state index in [4.69, 9.17) is 9.47 Å². The van der Waals surface area contributed by atoms with E-state index >= 15 is 0 Å². The molecule has 2 aromatic rings. The smallest absolute Gasteiger partial charge is 0.261 e. The molecule has 0 aliphatic heterocycles. The van der Waals surface area contributed by atoms with Gasteiger partial charge in [-0.2, -0.15) is 0 Å². The second-order valence-corrected chi connectivity index (χ2v) is 6.03. The van der Waals surface area contributed by atoms with E-state index in [0.29, 0.717) is 11.5 Å². The second-order valence-electron chi connectivity index (χ2n) is 6.03. The van der Waals surface area contributed by atoms with E-state index in [1.165, 1.54) is 11.1 Å². The standard InChI is InChI=1S/C20H25NO3/c1-13-9-10-19(14(2)11-13)15(3)21-20(22)16(4)24-18-8-6-7-17(12-18)23-5/h6-12,15-16H,1-5H3,(H,21,22)/t15-,16+/m1/s1. The van der Waals surface area contributed by atoms with Gasteiger partial charge in [-0.3, -0.25) is 4.79 Å². The monoisotopic (exact) mass is 327 g/mol. The van der Waals surface area contributed by atoms with Crippen LogP contribution in [0.3, 0.4) is 0 Å². The van der Waals surface area contributed by atoms with Crippen molar-refractivity contribution in [2.24, 2.45) is 0 Å². The Morgan fingerprint density at radius 3 is 2.42 bits per heavy atom. The third kappa shape index (κ3) is 4.51. The van der Waals surface area contributed by atoms with Gasteiger partial charge in [0.15, 0.2) is 6.10 Å². The van der Waals surface area contributed by atoms with E-state index in [9.17, 15) is 4.79 Å². The normalized spacial score (nSPS) is 13.0. The molecule has 24 heavy (non-hydrogen) atoms. The van der Waals surface area contributed by atoms with Crippen LogP contribution in [0.2, 0.25) is 0 Å². The minimum Gasteiger partial charge on any atom is -0.497 e. The molecule has 0 radical (unpaired) electrons. The predicted octanol–water partition coefficient (Wildman–Crippen LogP) is 3.96. The van der Waals surface area contributed by atoms with Gasteiger partial charge in [0.1, 0.15) is 11.5 Å². The van der Waals surface area contributed by atoms with Crippen molar-refractivity contribution in [3.05, 3.63) is 59.2 Å². The highest BCUT2D eigenvalue weighted by atomic mass is 16.5. The predicted molar refractivity (Wildman–Crippen MR) is 95.6 cm³/mol. The topological polar surface area (TPSA) is 47.6 Å². The first-order valence-electron chi connectivity index (χ1n) is 8.09. The fraction of sp³-hybridized carbons (Fsp3) is 0.350. The summed E-state index contributed by atoms with van der Waals surface area (Å²) in [5, 5.41) is 3.01. The van der Waals surface area contributed by atoms with Crippen molar-refractivity contribution < 1.29 is 14.3 Å². The summed E-state index contributed by atoms with van der Waals surface area (Å²) < 4.78 is 10.9. The number of carbonyl (C=O) groups is 1. The highest BCUT2D eigenvalue weighted by Crippen LogP contribution is 2.21. The molecule has 4 heteroatoms. The zero-order valence-electron chi connectivity index (χ0n) is 14.9. The number of benzene rings is 2.